The molecule has 3 rings (SSSR count). The summed E-state index contributed by atoms with van der Waals surface area (Å²) in [6.07, 6.45) is 1.72. The lowest BCUT2D eigenvalue weighted by atomic mass is 10.1. The molecule has 0 saturated carbocycles. The highest BCUT2D eigenvalue weighted by Gasteiger charge is 2.33. The number of anilines is 1. The Morgan fingerprint density at radius 2 is 1.68 bits per heavy atom. The Morgan fingerprint density at radius 1 is 1.00 bits per heavy atom. The van der Waals surface area contributed by atoms with Crippen LogP contribution < -0.4 is 14.4 Å². The summed E-state index contributed by atoms with van der Waals surface area (Å²) in [5.74, 6) is -0.192. The van der Waals surface area contributed by atoms with Gasteiger partial charge in [-0.1, -0.05) is 61.3 Å². The number of carbonyl (C=O) groups is 2. The number of hydrogen-bond donors (Lipinski definition) is 1. The molecule has 1 atom stereocenters. The first kappa shape index (κ1) is 31.0. The number of unbranched alkanes of at least 4 members (excludes halogenated alkanes) is 1. The number of nitrogens with one attached hydrogen (secondary N) is 1. The van der Waals surface area contributed by atoms with E-state index in [1.807, 2.05) is 6.92 Å². The van der Waals surface area contributed by atoms with Crippen LogP contribution in [0, 0.1) is 6.92 Å². The van der Waals surface area contributed by atoms with Gasteiger partial charge in [0.05, 0.1) is 17.7 Å². The quantitative estimate of drug-likeness (QED) is 0.279. The van der Waals surface area contributed by atoms with Gasteiger partial charge in [0.1, 0.15) is 18.3 Å². The molecular formula is C30H36ClN3O5S. The van der Waals surface area contributed by atoms with E-state index in [4.69, 9.17) is 16.3 Å². The predicted octanol–water partition coefficient (Wildman–Crippen LogP) is 5.19. The van der Waals surface area contributed by atoms with E-state index in [9.17, 15) is 18.0 Å². The zero-order valence-corrected chi connectivity index (χ0v) is 24.8. The third-order valence-corrected chi connectivity index (χ3v) is 8.81. The van der Waals surface area contributed by atoms with Crippen LogP contribution in [0.3, 0.4) is 0 Å². The third-order valence-electron chi connectivity index (χ3n) is 6.63. The minimum Gasteiger partial charge on any atom is -0.497 e. The van der Waals surface area contributed by atoms with E-state index in [2.05, 4.69) is 5.32 Å². The molecule has 40 heavy (non-hydrogen) atoms. The summed E-state index contributed by atoms with van der Waals surface area (Å²) in [5.41, 5.74) is 1.57. The fourth-order valence-corrected chi connectivity index (χ4v) is 5.81. The zero-order valence-electron chi connectivity index (χ0n) is 23.3. The van der Waals surface area contributed by atoms with Gasteiger partial charge < -0.3 is 15.0 Å². The maximum atomic E-state index is 14.0. The van der Waals surface area contributed by atoms with Crippen molar-refractivity contribution in [2.75, 3.05) is 24.5 Å². The van der Waals surface area contributed by atoms with Crippen LogP contribution in [0.2, 0.25) is 5.02 Å². The van der Waals surface area contributed by atoms with Crippen molar-refractivity contribution >= 4 is 39.1 Å². The lowest BCUT2D eigenvalue weighted by Gasteiger charge is -2.32. The number of methoxy groups -OCH3 is 1. The monoisotopic (exact) mass is 585 g/mol. The summed E-state index contributed by atoms with van der Waals surface area (Å²) in [6, 6.07) is 19.1. The molecule has 0 aliphatic heterocycles. The molecule has 0 saturated heterocycles. The highest BCUT2D eigenvalue weighted by Crippen LogP contribution is 2.31. The highest BCUT2D eigenvalue weighted by molar-refractivity contribution is 7.92. The summed E-state index contributed by atoms with van der Waals surface area (Å²) in [6.45, 7) is 5.42. The minimum absolute atomic E-state index is 0.0363. The van der Waals surface area contributed by atoms with Crippen molar-refractivity contribution in [3.8, 4) is 5.75 Å². The first-order chi connectivity index (χ1) is 19.1. The molecule has 0 aliphatic rings. The van der Waals surface area contributed by atoms with Gasteiger partial charge in [0, 0.05) is 18.1 Å². The van der Waals surface area contributed by atoms with Crippen LogP contribution in [-0.2, 0) is 26.2 Å². The number of carbonyl (C=O) groups excluding carboxylic acids is 2. The molecule has 0 spiro atoms. The van der Waals surface area contributed by atoms with Crippen molar-refractivity contribution in [2.24, 2.45) is 0 Å². The number of ether oxygens (including phenoxy) is 1. The number of sulfonamides is 1. The van der Waals surface area contributed by atoms with E-state index in [-0.39, 0.29) is 23.0 Å². The van der Waals surface area contributed by atoms with Gasteiger partial charge in [0.2, 0.25) is 11.8 Å². The lowest BCUT2D eigenvalue weighted by molar-refractivity contribution is -0.139. The van der Waals surface area contributed by atoms with Crippen molar-refractivity contribution in [1.29, 1.82) is 0 Å². The second-order valence-electron chi connectivity index (χ2n) is 9.40. The van der Waals surface area contributed by atoms with E-state index in [1.54, 1.807) is 81.6 Å². The summed E-state index contributed by atoms with van der Waals surface area (Å²) >= 11 is 6.36. The standard InChI is InChI=1S/C30H36ClN3O5S/c1-5-6-19-32-30(36)23(3)33(20-24-15-17-25(39-4)18-16-24)29(35)21-34(28-14-10-13-27(31)22(28)2)40(37,38)26-11-8-7-9-12-26/h7-18,23H,5-6,19-21H2,1-4H3,(H,32,36)/t23-/m1/s1. The molecule has 0 bridgehead atoms. The maximum Gasteiger partial charge on any atom is 0.264 e. The number of rotatable bonds is 13. The van der Waals surface area contributed by atoms with Crippen LogP contribution in [0.1, 0.15) is 37.8 Å². The normalized spacial score (nSPS) is 11.9. The zero-order chi connectivity index (χ0) is 29.3. The van der Waals surface area contributed by atoms with Gasteiger partial charge in [0.25, 0.3) is 10.0 Å². The fraction of sp³-hybridized carbons (Fsp3) is 0.333. The van der Waals surface area contributed by atoms with E-state index in [0.29, 0.717) is 22.9 Å². The molecule has 0 radical (unpaired) electrons. The summed E-state index contributed by atoms with van der Waals surface area (Å²) < 4.78 is 34.1. The van der Waals surface area contributed by atoms with Crippen LogP contribution in [-0.4, -0.2) is 51.4 Å². The molecule has 0 heterocycles. The Bertz CT molecular complexity index is 1400. The Kier molecular flexibility index (Phi) is 11.0. The molecule has 3 aromatic rings. The molecule has 8 nitrogen and oxygen atoms in total. The number of amides is 2. The molecule has 0 aromatic heterocycles. The van der Waals surface area contributed by atoms with Crippen LogP contribution in [0.15, 0.2) is 77.7 Å². The summed E-state index contributed by atoms with van der Waals surface area (Å²) in [7, 11) is -2.59. The molecule has 214 valence electrons. The molecule has 1 N–H and O–H groups in total. The predicted molar refractivity (Wildman–Crippen MR) is 158 cm³/mol. The SMILES string of the molecule is CCCCNC(=O)[C@@H](C)N(Cc1ccc(OC)cc1)C(=O)CN(c1cccc(Cl)c1C)S(=O)(=O)c1ccccc1. The third kappa shape index (κ3) is 7.55. The van der Waals surface area contributed by atoms with Crippen LogP contribution in [0.25, 0.3) is 0 Å². The van der Waals surface area contributed by atoms with Crippen LogP contribution >= 0.6 is 11.6 Å². The summed E-state index contributed by atoms with van der Waals surface area (Å²) in [5, 5.41) is 3.25. The van der Waals surface area contributed by atoms with Gasteiger partial charge in [0.15, 0.2) is 0 Å². The van der Waals surface area contributed by atoms with Gasteiger partial charge in [-0.25, -0.2) is 8.42 Å². The second kappa shape index (κ2) is 14.2. The first-order valence-corrected chi connectivity index (χ1v) is 14.9. The van der Waals surface area contributed by atoms with Crippen molar-refractivity contribution in [3.63, 3.8) is 0 Å². The van der Waals surface area contributed by atoms with Gasteiger partial charge in [-0.2, -0.15) is 0 Å². The van der Waals surface area contributed by atoms with Gasteiger partial charge in [-0.05, 0) is 67.8 Å². The van der Waals surface area contributed by atoms with Gasteiger partial charge in [-0.15, -0.1) is 0 Å². The Morgan fingerprint density at radius 3 is 2.30 bits per heavy atom. The average Bonchev–Trinajstić information content (AvgIpc) is 2.96. The Balaban J connectivity index is 2.02. The second-order valence-corrected chi connectivity index (χ2v) is 11.7. The molecular weight excluding hydrogens is 550 g/mol. The minimum atomic E-state index is -4.16. The number of hydrogen-bond acceptors (Lipinski definition) is 5. The largest absolute Gasteiger partial charge is 0.497 e. The van der Waals surface area contributed by atoms with E-state index < -0.39 is 28.5 Å². The maximum absolute atomic E-state index is 14.0. The molecule has 10 heteroatoms. The Labute approximate surface area is 241 Å². The lowest BCUT2D eigenvalue weighted by Crippen LogP contribution is -2.51. The molecule has 2 amide bonds. The smallest absolute Gasteiger partial charge is 0.264 e. The molecule has 0 unspecified atom stereocenters. The summed E-state index contributed by atoms with van der Waals surface area (Å²) in [4.78, 5) is 28.5. The fourth-order valence-electron chi connectivity index (χ4n) is 4.15. The number of benzene rings is 3. The molecule has 3 aromatic carbocycles. The molecule has 0 aliphatic carbocycles. The molecule has 0 fully saturated rings. The van der Waals surface area contributed by atoms with Crippen molar-refractivity contribution < 1.29 is 22.7 Å². The Hall–Kier alpha value is -3.56. The van der Waals surface area contributed by atoms with Crippen molar-refractivity contribution in [2.45, 2.75) is 51.1 Å². The van der Waals surface area contributed by atoms with Crippen LogP contribution in [0.4, 0.5) is 5.69 Å². The number of halogens is 1. The first-order valence-electron chi connectivity index (χ1n) is 13.1. The average molecular weight is 586 g/mol. The van der Waals surface area contributed by atoms with Gasteiger partial charge >= 0.3 is 0 Å². The van der Waals surface area contributed by atoms with E-state index in [0.717, 1.165) is 22.7 Å². The van der Waals surface area contributed by atoms with E-state index >= 15 is 0 Å². The van der Waals surface area contributed by atoms with Crippen LogP contribution in [0.5, 0.6) is 5.75 Å². The van der Waals surface area contributed by atoms with Crippen molar-refractivity contribution in [1.82, 2.24) is 10.2 Å². The van der Waals surface area contributed by atoms with Gasteiger partial charge in [-0.3, -0.25) is 13.9 Å². The topological polar surface area (TPSA) is 96.0 Å². The number of nitrogens with zero attached hydrogens (tertiary/aromatic N) is 2. The van der Waals surface area contributed by atoms with E-state index in [1.165, 1.54) is 17.0 Å². The highest BCUT2D eigenvalue weighted by atomic mass is 35.5. The van der Waals surface area contributed by atoms with Crippen molar-refractivity contribution in [3.05, 3.63) is 88.9 Å².